The summed E-state index contributed by atoms with van der Waals surface area (Å²) in [6.07, 6.45) is 1.37. The van der Waals surface area contributed by atoms with Crippen LogP contribution in [0.1, 0.15) is 112 Å². The number of guanidine groups is 1. The van der Waals surface area contributed by atoms with Crippen LogP contribution in [0.15, 0.2) is 35.3 Å². The van der Waals surface area contributed by atoms with E-state index in [2.05, 4.69) is 42.2 Å². The van der Waals surface area contributed by atoms with Gasteiger partial charge in [-0.3, -0.25) is 48.1 Å². The number of likely N-dealkylation sites (tertiary alicyclic amines) is 1. The van der Waals surface area contributed by atoms with Crippen molar-refractivity contribution in [1.29, 1.82) is 0 Å². The van der Waals surface area contributed by atoms with Crippen molar-refractivity contribution in [2.45, 2.75) is 162 Å². The molecule has 0 spiro atoms. The molecule has 0 unspecified atom stereocenters. The predicted octanol–water partition coefficient (Wildman–Crippen LogP) is -0.930. The van der Waals surface area contributed by atoms with E-state index < -0.39 is 107 Å². The highest BCUT2D eigenvalue weighted by Crippen LogP contribution is 2.21. The van der Waals surface area contributed by atoms with Gasteiger partial charge in [0.25, 0.3) is 0 Å². The van der Waals surface area contributed by atoms with E-state index >= 15 is 0 Å². The number of aliphatic hydroxyl groups is 1. The van der Waals surface area contributed by atoms with Crippen molar-refractivity contribution in [1.82, 2.24) is 47.0 Å². The van der Waals surface area contributed by atoms with Gasteiger partial charge in [0.15, 0.2) is 5.96 Å². The van der Waals surface area contributed by atoms with Crippen LogP contribution in [0.3, 0.4) is 0 Å². The van der Waals surface area contributed by atoms with E-state index in [1.165, 1.54) is 30.7 Å². The summed E-state index contributed by atoms with van der Waals surface area (Å²) >= 11 is 0. The van der Waals surface area contributed by atoms with Crippen LogP contribution in [0.2, 0.25) is 0 Å². The Morgan fingerprint density at radius 2 is 1.31 bits per heavy atom. The molecule has 1 fully saturated rings. The number of likely N-dealkylation sites (N-methyl/N-ethyl adjacent to an activating group) is 2. The lowest BCUT2D eigenvalue weighted by Crippen LogP contribution is -2.63. The summed E-state index contributed by atoms with van der Waals surface area (Å²) in [5.74, 6) is -6.67. The van der Waals surface area contributed by atoms with Gasteiger partial charge < -0.3 is 63.6 Å². The summed E-state index contributed by atoms with van der Waals surface area (Å²) in [6, 6.07) is 0.691. The summed E-state index contributed by atoms with van der Waals surface area (Å²) in [4.78, 5) is 129. The fraction of sp³-hybridized carbons (Fsp3) is 0.667. The minimum Gasteiger partial charge on any atom is -0.391 e. The van der Waals surface area contributed by atoms with Crippen molar-refractivity contribution in [2.75, 3.05) is 33.2 Å². The number of benzene rings is 1. The van der Waals surface area contributed by atoms with Crippen molar-refractivity contribution in [3.8, 4) is 0 Å². The van der Waals surface area contributed by atoms with Crippen LogP contribution in [0.25, 0.3) is 0 Å². The highest BCUT2D eigenvalue weighted by atomic mass is 16.3. The number of amides is 9. The Labute approximate surface area is 412 Å². The van der Waals surface area contributed by atoms with Crippen molar-refractivity contribution >= 4 is 59.1 Å². The molecule has 1 aromatic carbocycles. The molecule has 392 valence electrons. The Morgan fingerprint density at radius 1 is 0.757 bits per heavy atom. The van der Waals surface area contributed by atoms with Gasteiger partial charge in [-0.15, -0.1) is 0 Å². The van der Waals surface area contributed by atoms with Gasteiger partial charge >= 0.3 is 0 Å². The lowest BCUT2D eigenvalue weighted by atomic mass is 9.96. The van der Waals surface area contributed by atoms with Crippen LogP contribution in [-0.4, -0.2) is 156 Å². The number of nitrogens with two attached hydrogens (primary N) is 2. The normalized spacial score (nSPS) is 17.1. The largest absolute Gasteiger partial charge is 0.391 e. The monoisotopic (exact) mass is 985 g/mol. The van der Waals surface area contributed by atoms with Crippen LogP contribution in [0.4, 0.5) is 0 Å². The Bertz CT molecular complexity index is 1950. The van der Waals surface area contributed by atoms with Crippen molar-refractivity contribution in [3.05, 3.63) is 35.9 Å². The summed E-state index contributed by atoms with van der Waals surface area (Å²) in [5.41, 5.74) is 11.7. The van der Waals surface area contributed by atoms with Crippen molar-refractivity contribution < 1.29 is 48.3 Å². The molecule has 1 saturated heterocycles. The number of carbonyl (C=O) groups is 9. The third-order valence-corrected chi connectivity index (χ3v) is 12.5. The number of nitrogens with one attached hydrogen (secondary N) is 7. The highest BCUT2D eigenvalue weighted by Gasteiger charge is 2.40. The lowest BCUT2D eigenvalue weighted by Gasteiger charge is -2.32. The van der Waals surface area contributed by atoms with E-state index in [1.54, 1.807) is 65.0 Å². The molecule has 9 amide bonds. The average Bonchev–Trinajstić information content (AvgIpc) is 3.83. The second-order valence-electron chi connectivity index (χ2n) is 18.0. The molecular weight excluding hydrogens is 905 g/mol. The Kier molecular flexibility index (Phi) is 25.9. The second kappa shape index (κ2) is 30.3. The zero-order valence-corrected chi connectivity index (χ0v) is 42.5. The highest BCUT2D eigenvalue weighted by molar-refractivity contribution is 5.98. The molecule has 70 heavy (non-hydrogen) atoms. The molecule has 0 aromatic heterocycles. The minimum absolute atomic E-state index is 0.0700. The molecule has 0 radical (unpaired) electrons. The fourth-order valence-corrected chi connectivity index (χ4v) is 7.93. The summed E-state index contributed by atoms with van der Waals surface area (Å²) in [7, 11) is 1.42. The predicted molar refractivity (Wildman–Crippen MR) is 264 cm³/mol. The molecule has 1 aliphatic heterocycles. The molecule has 22 heteroatoms. The van der Waals surface area contributed by atoms with Gasteiger partial charge in [-0.2, -0.15) is 0 Å². The first-order valence-corrected chi connectivity index (χ1v) is 24.5. The van der Waals surface area contributed by atoms with Crippen LogP contribution in [0.5, 0.6) is 0 Å². The van der Waals surface area contributed by atoms with Crippen LogP contribution in [0, 0.1) is 11.8 Å². The number of carbonyl (C=O) groups excluding carboxylic acids is 9. The zero-order valence-electron chi connectivity index (χ0n) is 42.5. The maximum Gasteiger partial charge on any atom is 0.245 e. The quantitative estimate of drug-likeness (QED) is 0.0265. The van der Waals surface area contributed by atoms with Crippen LogP contribution < -0.4 is 48.7 Å². The second-order valence-corrected chi connectivity index (χ2v) is 18.0. The molecule has 0 saturated carbocycles. The number of rotatable bonds is 29. The molecule has 1 aliphatic rings. The first-order valence-electron chi connectivity index (χ1n) is 24.5. The standard InChI is InChI=1S/C48H80N12O10/c1-10-19-33(41(64)56-38(28(5)11-2)44(67)55-34(22-17-24-52-48(49)50)47(70)60-25-18-23-35(60)42(65)51-13-4)54-46(69)40(30(7)61)58-45(68)39(29(6)12-3)57-43(66)36(26-32-20-15-14-16-21-32)59(9)37(63)27-53-31(8)62/h14-16,20-21,28-30,33-36,38-40,61H,10-13,17-19,22-27H2,1-9H3,(H,51,65)(H,53,62)(H,54,69)(H,55,67)(H,56,64)(H,57,66)(H,58,68)(H4,49,50,52)/t28-,29-,30+,33-,34-,35-,36-,38-,39+,40-/m0/s1. The van der Waals surface area contributed by atoms with Crippen molar-refractivity contribution in [3.63, 3.8) is 0 Å². The molecular formula is C48H80N12O10. The molecule has 1 heterocycles. The third kappa shape index (κ3) is 18.9. The first kappa shape index (κ1) is 59.8. The maximum absolute atomic E-state index is 14.2. The van der Waals surface area contributed by atoms with Gasteiger partial charge in [-0.05, 0) is 63.4 Å². The number of aliphatic imine (C=N–C) groups is 1. The third-order valence-electron chi connectivity index (χ3n) is 12.5. The van der Waals surface area contributed by atoms with E-state index in [1.807, 2.05) is 6.92 Å². The summed E-state index contributed by atoms with van der Waals surface area (Å²) < 4.78 is 0. The maximum atomic E-state index is 14.2. The Balaban J connectivity index is 2.36. The molecule has 0 aliphatic carbocycles. The SMILES string of the molecule is CCC[C@H](NC(=O)[C@@H](NC(=O)[C@H](NC(=O)[C@H](Cc1ccccc1)N(C)C(=O)CNC(C)=O)[C@@H](C)CC)[C@@H](C)O)C(=O)N[C@H](C(=O)N[C@@H](CCCN=C(N)N)C(=O)N1CCC[C@H]1C(=O)NCC)[C@@H](C)CC. The number of aliphatic hydroxyl groups excluding tert-OH is 1. The van der Waals surface area contributed by atoms with Crippen molar-refractivity contribution in [2.24, 2.45) is 28.3 Å². The van der Waals surface area contributed by atoms with E-state index in [0.717, 1.165) is 5.56 Å². The Hall–Kier alpha value is -6.32. The topological polar surface area (TPSA) is 329 Å². The van der Waals surface area contributed by atoms with Gasteiger partial charge in [-0.1, -0.05) is 84.2 Å². The Morgan fingerprint density at radius 3 is 1.86 bits per heavy atom. The van der Waals surface area contributed by atoms with E-state index in [4.69, 9.17) is 11.5 Å². The summed E-state index contributed by atoms with van der Waals surface area (Å²) in [6.45, 7) is 13.7. The van der Waals surface area contributed by atoms with E-state index in [9.17, 15) is 48.3 Å². The first-order chi connectivity index (χ1) is 33.1. The molecule has 0 bridgehead atoms. The zero-order chi connectivity index (χ0) is 52.7. The van der Waals surface area contributed by atoms with Crippen LogP contribution in [-0.2, 0) is 49.6 Å². The van der Waals surface area contributed by atoms with Gasteiger partial charge in [0.2, 0.25) is 53.2 Å². The van der Waals surface area contributed by atoms with E-state index in [0.29, 0.717) is 51.6 Å². The molecule has 2 rings (SSSR count). The van der Waals surface area contributed by atoms with Gasteiger partial charge in [-0.25, -0.2) is 0 Å². The number of nitrogens with zero attached hydrogens (tertiary/aromatic N) is 3. The van der Waals surface area contributed by atoms with Crippen LogP contribution >= 0.6 is 0 Å². The number of hydrogen-bond donors (Lipinski definition) is 10. The minimum atomic E-state index is -1.61. The van der Waals surface area contributed by atoms with Gasteiger partial charge in [0.05, 0.1) is 12.6 Å². The molecule has 22 nitrogen and oxygen atoms in total. The fourth-order valence-electron chi connectivity index (χ4n) is 7.93. The number of hydrogen-bond acceptors (Lipinski definition) is 11. The van der Waals surface area contributed by atoms with Gasteiger partial charge in [0, 0.05) is 40.0 Å². The van der Waals surface area contributed by atoms with E-state index in [-0.39, 0.29) is 44.2 Å². The molecule has 12 N–H and O–H groups in total. The lowest BCUT2D eigenvalue weighted by molar-refractivity contribution is -0.142. The summed E-state index contributed by atoms with van der Waals surface area (Å²) in [5, 5.41) is 29.6. The molecule has 10 atom stereocenters. The average molecular weight is 985 g/mol. The smallest absolute Gasteiger partial charge is 0.245 e. The molecule has 1 aromatic rings. The van der Waals surface area contributed by atoms with Gasteiger partial charge in [0.1, 0.15) is 42.3 Å².